The average Bonchev–Trinajstić information content (AvgIpc) is 2.96. The molecule has 0 radical (unpaired) electrons. The molecular weight excluding hydrogens is 365 g/mol. The van der Waals surface area contributed by atoms with Gasteiger partial charge in [-0.25, -0.2) is 4.98 Å². The highest BCUT2D eigenvalue weighted by Crippen LogP contribution is 2.51. The zero-order valence-corrected chi connectivity index (χ0v) is 16.1. The summed E-state index contributed by atoms with van der Waals surface area (Å²) in [7, 11) is -3.13. The average molecular weight is 387 g/mol. The number of fused-ring (bicyclic) bond motifs is 1. The van der Waals surface area contributed by atoms with Crippen LogP contribution in [0.5, 0.6) is 5.88 Å². The first kappa shape index (κ1) is 19.3. The van der Waals surface area contributed by atoms with E-state index in [-0.39, 0.29) is 12.0 Å². The zero-order valence-electron chi connectivity index (χ0n) is 15.3. The lowest BCUT2D eigenvalue weighted by molar-refractivity contribution is 0.219. The van der Waals surface area contributed by atoms with Gasteiger partial charge in [0.25, 0.3) is 0 Å². The summed E-state index contributed by atoms with van der Waals surface area (Å²) in [6.07, 6.45) is 3.46. The molecule has 7 nitrogen and oxygen atoms in total. The lowest BCUT2D eigenvalue weighted by Gasteiger charge is -2.16. The third-order valence-corrected chi connectivity index (χ3v) is 5.95. The van der Waals surface area contributed by atoms with Crippen LogP contribution in [0, 0.1) is 0 Å². The molecule has 0 bridgehead atoms. The molecule has 2 heterocycles. The predicted molar refractivity (Wildman–Crippen MR) is 106 cm³/mol. The zero-order chi connectivity index (χ0) is 19.3. The van der Waals surface area contributed by atoms with E-state index in [4.69, 9.17) is 9.05 Å². The fourth-order valence-electron chi connectivity index (χ4n) is 2.73. The number of hydrogen-bond donors (Lipinski definition) is 2. The van der Waals surface area contributed by atoms with E-state index in [2.05, 4.69) is 15.0 Å². The molecule has 142 valence electrons. The van der Waals surface area contributed by atoms with Crippen molar-refractivity contribution in [2.75, 3.05) is 13.2 Å². The molecule has 0 atom stereocenters. The van der Waals surface area contributed by atoms with E-state index in [1.54, 1.807) is 32.3 Å². The third-order valence-electron chi connectivity index (χ3n) is 3.90. The number of pyridine rings is 1. The lowest BCUT2D eigenvalue weighted by Crippen LogP contribution is -1.98. The molecule has 0 spiro atoms. The van der Waals surface area contributed by atoms with Crippen LogP contribution >= 0.6 is 7.60 Å². The molecule has 1 aromatic carbocycles. The summed E-state index contributed by atoms with van der Waals surface area (Å²) in [5.41, 5.74) is 2.74. The largest absolute Gasteiger partial charge is 0.494 e. The molecule has 0 amide bonds. The van der Waals surface area contributed by atoms with Crippen LogP contribution in [0.3, 0.4) is 0 Å². The Morgan fingerprint density at radius 1 is 1.19 bits per heavy atom. The van der Waals surface area contributed by atoms with Crippen LogP contribution in [0.15, 0.2) is 47.6 Å². The van der Waals surface area contributed by atoms with Crippen molar-refractivity contribution < 1.29 is 18.7 Å². The summed E-state index contributed by atoms with van der Waals surface area (Å²) in [5.74, 6) is 0.0263. The van der Waals surface area contributed by atoms with Gasteiger partial charge in [-0.15, -0.1) is 0 Å². The fraction of sp³-hybridized carbons (Fsp3) is 0.263. The number of aromatic nitrogens is 2. The smallest absolute Gasteiger partial charge is 0.335 e. The maximum atomic E-state index is 12.6. The molecule has 0 saturated carbocycles. The van der Waals surface area contributed by atoms with Crippen LogP contribution in [0.4, 0.5) is 5.69 Å². The fourth-order valence-corrected chi connectivity index (χ4v) is 4.43. The highest BCUT2D eigenvalue weighted by molar-refractivity contribution is 7.53. The summed E-state index contributed by atoms with van der Waals surface area (Å²) >= 11 is 0. The van der Waals surface area contributed by atoms with Crippen molar-refractivity contribution in [1.29, 1.82) is 0 Å². The monoisotopic (exact) mass is 387 g/mol. The van der Waals surface area contributed by atoms with Gasteiger partial charge in [0.15, 0.2) is 5.88 Å². The molecule has 0 aliphatic carbocycles. The Bertz CT molecular complexity index is 972. The van der Waals surface area contributed by atoms with Gasteiger partial charge in [-0.2, -0.15) is 0 Å². The molecule has 0 aliphatic rings. The maximum absolute atomic E-state index is 12.6. The van der Waals surface area contributed by atoms with E-state index >= 15 is 0 Å². The van der Waals surface area contributed by atoms with Gasteiger partial charge in [0.1, 0.15) is 5.65 Å². The second-order valence-corrected chi connectivity index (χ2v) is 7.87. The second-order valence-electron chi connectivity index (χ2n) is 5.82. The number of benzene rings is 1. The molecule has 0 saturated heterocycles. The van der Waals surface area contributed by atoms with Crippen molar-refractivity contribution >= 4 is 30.5 Å². The number of H-pyrrole nitrogens is 1. The number of nitrogens with zero attached hydrogens (tertiary/aromatic N) is 2. The van der Waals surface area contributed by atoms with E-state index in [0.717, 1.165) is 10.9 Å². The predicted octanol–water partition coefficient (Wildman–Crippen LogP) is 4.79. The quantitative estimate of drug-likeness (QED) is 0.428. The van der Waals surface area contributed by atoms with Crippen molar-refractivity contribution in [3.05, 3.63) is 53.7 Å². The van der Waals surface area contributed by atoms with Gasteiger partial charge in [-0.05, 0) is 43.7 Å². The Hall–Kier alpha value is -2.47. The first-order valence-corrected chi connectivity index (χ1v) is 10.4. The standard InChI is InChI=1S/C19H22N3O4P/c1-3-25-27(24,26-4-2)13-14-7-9-15(10-8-14)21-12-17-16-6-5-11-20-18(16)22-19(17)23/h5-12,23H,3-4,13H2,1-2H3,(H,20,22). The summed E-state index contributed by atoms with van der Waals surface area (Å²) in [4.78, 5) is 11.4. The van der Waals surface area contributed by atoms with Gasteiger partial charge in [0.05, 0.1) is 30.6 Å². The first-order valence-electron chi connectivity index (χ1n) is 8.71. The second kappa shape index (κ2) is 8.48. The van der Waals surface area contributed by atoms with Crippen LogP contribution < -0.4 is 0 Å². The molecule has 27 heavy (non-hydrogen) atoms. The van der Waals surface area contributed by atoms with Gasteiger partial charge in [-0.1, -0.05) is 12.1 Å². The van der Waals surface area contributed by atoms with Crippen molar-refractivity contribution in [2.24, 2.45) is 4.99 Å². The molecule has 8 heteroatoms. The summed E-state index contributed by atoms with van der Waals surface area (Å²) < 4.78 is 23.2. The molecule has 0 aliphatic heterocycles. The molecule has 2 aromatic heterocycles. The summed E-state index contributed by atoms with van der Waals surface area (Å²) in [6.45, 7) is 4.25. The van der Waals surface area contributed by atoms with Gasteiger partial charge in [0.2, 0.25) is 0 Å². The molecular formula is C19H22N3O4P. The van der Waals surface area contributed by atoms with E-state index in [0.29, 0.717) is 30.1 Å². The summed E-state index contributed by atoms with van der Waals surface area (Å²) in [5, 5.41) is 10.8. The highest BCUT2D eigenvalue weighted by atomic mass is 31.2. The number of aromatic hydroxyl groups is 1. The molecule has 3 rings (SSSR count). The Labute approximate surface area is 157 Å². The topological polar surface area (TPSA) is 96.8 Å². The Morgan fingerprint density at radius 3 is 2.56 bits per heavy atom. The van der Waals surface area contributed by atoms with E-state index in [1.165, 1.54) is 0 Å². The van der Waals surface area contributed by atoms with Crippen molar-refractivity contribution in [3.63, 3.8) is 0 Å². The molecule has 0 unspecified atom stereocenters. The van der Waals surface area contributed by atoms with Crippen molar-refractivity contribution in [3.8, 4) is 5.88 Å². The number of rotatable bonds is 8. The first-order chi connectivity index (χ1) is 13.0. The lowest BCUT2D eigenvalue weighted by atomic mass is 10.2. The minimum absolute atomic E-state index is 0.0263. The van der Waals surface area contributed by atoms with E-state index < -0.39 is 7.60 Å². The molecule has 2 N–H and O–H groups in total. The van der Waals surface area contributed by atoms with Crippen LogP contribution in [-0.4, -0.2) is 34.5 Å². The van der Waals surface area contributed by atoms with Gasteiger partial charge < -0.3 is 19.1 Å². The highest BCUT2D eigenvalue weighted by Gasteiger charge is 2.23. The minimum atomic E-state index is -3.13. The summed E-state index contributed by atoms with van der Waals surface area (Å²) in [6, 6.07) is 11.0. The number of nitrogens with one attached hydrogen (secondary N) is 1. The van der Waals surface area contributed by atoms with Gasteiger partial charge in [-0.3, -0.25) is 9.56 Å². The number of aromatic amines is 1. The van der Waals surface area contributed by atoms with Gasteiger partial charge >= 0.3 is 7.60 Å². The molecule has 0 fully saturated rings. The number of aliphatic imine (C=N–C) groups is 1. The van der Waals surface area contributed by atoms with E-state index in [1.807, 2.05) is 30.3 Å². The third kappa shape index (κ3) is 4.63. The Morgan fingerprint density at radius 2 is 1.89 bits per heavy atom. The van der Waals surface area contributed by atoms with Crippen LogP contribution in [0.2, 0.25) is 0 Å². The number of hydrogen-bond acceptors (Lipinski definition) is 6. The van der Waals surface area contributed by atoms with Gasteiger partial charge in [0, 0.05) is 17.8 Å². The Kier molecular flexibility index (Phi) is 6.06. The Balaban J connectivity index is 1.76. The van der Waals surface area contributed by atoms with Crippen molar-refractivity contribution in [1.82, 2.24) is 9.97 Å². The van der Waals surface area contributed by atoms with Crippen molar-refractivity contribution in [2.45, 2.75) is 20.0 Å². The van der Waals surface area contributed by atoms with E-state index in [9.17, 15) is 9.67 Å². The van der Waals surface area contributed by atoms with Crippen LogP contribution in [-0.2, 0) is 19.8 Å². The molecule has 3 aromatic rings. The SMILES string of the molecule is CCOP(=O)(Cc1ccc(N=Cc2c(O)[nH]c3ncccc23)cc1)OCC. The van der Waals surface area contributed by atoms with Crippen LogP contribution in [0.1, 0.15) is 25.0 Å². The minimum Gasteiger partial charge on any atom is -0.494 e. The van der Waals surface area contributed by atoms with Crippen LogP contribution in [0.25, 0.3) is 11.0 Å². The maximum Gasteiger partial charge on any atom is 0.335 e. The normalized spacial score (nSPS) is 12.2.